The van der Waals surface area contributed by atoms with Crippen molar-refractivity contribution in [2.24, 2.45) is 0 Å². The fourth-order valence-electron chi connectivity index (χ4n) is 7.74. The fourth-order valence-corrected chi connectivity index (χ4v) is 7.74. The molecule has 0 aliphatic carbocycles. The van der Waals surface area contributed by atoms with Gasteiger partial charge in [-0.05, 0) is 32.1 Å². The van der Waals surface area contributed by atoms with E-state index in [1.165, 1.54) is 257 Å². The van der Waals surface area contributed by atoms with Crippen molar-refractivity contribution < 1.29 is 4.57 Å². The Bertz CT molecular complexity index is 736. The number of hydrogen-bond donors (Lipinski definition) is 0. The lowest BCUT2D eigenvalue weighted by Gasteiger charge is -2.07. The number of imidazole rings is 1. The Morgan fingerprint density at radius 3 is 1.00 bits per heavy atom. The van der Waals surface area contributed by atoms with Crippen LogP contribution in [0.4, 0.5) is 0 Å². The molecular weight excluding hydrogens is 581 g/mol. The molecule has 48 heavy (non-hydrogen) atoms. The van der Waals surface area contributed by atoms with E-state index in [0.717, 1.165) is 0 Å². The summed E-state index contributed by atoms with van der Waals surface area (Å²) in [5, 5.41) is 0. The molecule has 2 heteroatoms. The van der Waals surface area contributed by atoms with Crippen molar-refractivity contribution in [3.63, 3.8) is 0 Å². The van der Waals surface area contributed by atoms with E-state index in [1.54, 1.807) is 5.82 Å². The molecule has 1 aromatic heterocycles. The normalized spacial score (nSPS) is 11.6. The maximum absolute atomic E-state index is 2.65. The predicted molar refractivity (Wildman–Crippen MR) is 216 cm³/mol. The fraction of sp³-hybridized carbons (Fsp3) is 0.935. The van der Waals surface area contributed by atoms with Crippen LogP contribution >= 0.6 is 0 Å². The molecule has 0 bridgehead atoms. The summed E-state index contributed by atoms with van der Waals surface area (Å²) in [5.74, 6) is 1.63. The van der Waals surface area contributed by atoms with Gasteiger partial charge in [-0.1, -0.05) is 226 Å². The van der Waals surface area contributed by atoms with Gasteiger partial charge in [0.05, 0.1) is 13.1 Å². The van der Waals surface area contributed by atoms with Crippen molar-refractivity contribution in [1.82, 2.24) is 4.57 Å². The molecule has 0 aliphatic rings. The van der Waals surface area contributed by atoms with Crippen molar-refractivity contribution in [2.45, 2.75) is 278 Å². The second-order valence-electron chi connectivity index (χ2n) is 15.9. The SMILES string of the molecule is CCCCCCCCCCCCCCCCCCC[n+]1ccn(CCCCCCCCCCCCC)c1CCCCCCCCCCC. The molecule has 0 aliphatic heterocycles. The van der Waals surface area contributed by atoms with Crippen LogP contribution in [0.2, 0.25) is 0 Å². The van der Waals surface area contributed by atoms with Gasteiger partial charge in [0.15, 0.2) is 0 Å². The van der Waals surface area contributed by atoms with Gasteiger partial charge in [0.25, 0.3) is 5.82 Å². The Labute approximate surface area is 304 Å². The summed E-state index contributed by atoms with van der Waals surface area (Å²) in [5.41, 5.74) is 0. The quantitative estimate of drug-likeness (QED) is 0.0485. The van der Waals surface area contributed by atoms with E-state index in [1.807, 2.05) is 0 Å². The van der Waals surface area contributed by atoms with Crippen molar-refractivity contribution in [1.29, 1.82) is 0 Å². The first-order chi connectivity index (χ1) is 23.8. The van der Waals surface area contributed by atoms with Gasteiger partial charge in [-0.2, -0.15) is 0 Å². The number of hydrogen-bond acceptors (Lipinski definition) is 0. The van der Waals surface area contributed by atoms with Crippen LogP contribution in [-0.4, -0.2) is 4.57 Å². The van der Waals surface area contributed by atoms with Gasteiger partial charge >= 0.3 is 0 Å². The summed E-state index contributed by atoms with van der Waals surface area (Å²) < 4.78 is 5.29. The maximum Gasteiger partial charge on any atom is 0.256 e. The average Bonchev–Trinajstić information content (AvgIpc) is 3.48. The van der Waals surface area contributed by atoms with Crippen LogP contribution in [0.1, 0.15) is 264 Å². The third kappa shape index (κ3) is 29.0. The number of nitrogens with zero attached hydrogens (tertiary/aromatic N) is 2. The van der Waals surface area contributed by atoms with E-state index in [9.17, 15) is 0 Å². The molecule has 0 aromatic carbocycles. The van der Waals surface area contributed by atoms with Crippen LogP contribution in [0, 0.1) is 0 Å². The molecule has 0 spiro atoms. The Morgan fingerprint density at radius 2 is 0.646 bits per heavy atom. The zero-order valence-electron chi connectivity index (χ0n) is 33.8. The average molecular weight is 672 g/mol. The van der Waals surface area contributed by atoms with Crippen LogP contribution in [0.5, 0.6) is 0 Å². The molecular formula is C46H91N2+. The highest BCUT2D eigenvalue weighted by Crippen LogP contribution is 2.16. The lowest BCUT2D eigenvalue weighted by atomic mass is 10.0. The Hall–Kier alpha value is -0.790. The third-order valence-electron chi connectivity index (χ3n) is 11.1. The van der Waals surface area contributed by atoms with Crippen LogP contribution in [0.3, 0.4) is 0 Å². The summed E-state index contributed by atoms with van der Waals surface area (Å²) in [6.07, 6.45) is 59.3. The summed E-state index contributed by atoms with van der Waals surface area (Å²) in [4.78, 5) is 0. The number of aromatic nitrogens is 2. The first kappa shape index (κ1) is 45.2. The predicted octanol–water partition coefficient (Wildman–Crippen LogP) is 15.8. The van der Waals surface area contributed by atoms with Crippen molar-refractivity contribution in [3.05, 3.63) is 18.2 Å². The molecule has 2 nitrogen and oxygen atoms in total. The molecule has 284 valence electrons. The molecule has 0 N–H and O–H groups in total. The van der Waals surface area contributed by atoms with Crippen LogP contribution < -0.4 is 4.57 Å². The molecule has 0 saturated carbocycles. The van der Waals surface area contributed by atoms with Gasteiger partial charge in [0, 0.05) is 6.42 Å². The number of unbranched alkanes of at least 4 members (excludes halogenated alkanes) is 34. The molecule has 0 saturated heterocycles. The highest BCUT2D eigenvalue weighted by atomic mass is 15.1. The second kappa shape index (κ2) is 37.5. The van der Waals surface area contributed by atoms with E-state index < -0.39 is 0 Å². The minimum absolute atomic E-state index is 1.23. The van der Waals surface area contributed by atoms with E-state index in [2.05, 4.69) is 42.3 Å². The standard InChI is InChI=1S/C46H91N2/c1-4-7-10-13-16-19-21-22-23-24-25-26-28-31-34-37-40-43-48-45-44-47(42-39-36-33-30-27-20-17-14-11-8-5-2)46(48)41-38-35-32-29-18-15-12-9-6-3/h44-45H,4-43H2,1-3H3/q+1. The molecule has 1 rings (SSSR count). The number of aryl methyl sites for hydroxylation is 2. The van der Waals surface area contributed by atoms with Crippen molar-refractivity contribution in [2.75, 3.05) is 0 Å². The Balaban J connectivity index is 2.22. The first-order valence-corrected chi connectivity index (χ1v) is 22.9. The van der Waals surface area contributed by atoms with E-state index in [0.29, 0.717) is 0 Å². The van der Waals surface area contributed by atoms with Crippen molar-refractivity contribution in [3.8, 4) is 0 Å². The molecule has 0 unspecified atom stereocenters. The topological polar surface area (TPSA) is 8.81 Å². The van der Waals surface area contributed by atoms with Gasteiger partial charge < -0.3 is 0 Å². The molecule has 1 aromatic rings. The van der Waals surface area contributed by atoms with Gasteiger partial charge in [-0.25, -0.2) is 9.13 Å². The molecule has 1 heterocycles. The highest BCUT2D eigenvalue weighted by molar-refractivity contribution is 4.84. The largest absolute Gasteiger partial charge is 0.256 e. The second-order valence-corrected chi connectivity index (χ2v) is 15.9. The summed E-state index contributed by atoms with van der Waals surface area (Å²) in [6, 6.07) is 0. The maximum atomic E-state index is 2.65. The summed E-state index contributed by atoms with van der Waals surface area (Å²) in [7, 11) is 0. The molecule has 0 amide bonds. The van der Waals surface area contributed by atoms with E-state index >= 15 is 0 Å². The smallest absolute Gasteiger partial charge is 0.234 e. The Kier molecular flexibility index (Phi) is 35.3. The van der Waals surface area contributed by atoms with E-state index in [4.69, 9.17) is 0 Å². The zero-order chi connectivity index (χ0) is 34.4. The third-order valence-corrected chi connectivity index (χ3v) is 11.1. The lowest BCUT2D eigenvalue weighted by Crippen LogP contribution is -2.37. The van der Waals surface area contributed by atoms with Crippen molar-refractivity contribution >= 4 is 0 Å². The van der Waals surface area contributed by atoms with Crippen LogP contribution in [-0.2, 0) is 19.5 Å². The van der Waals surface area contributed by atoms with Gasteiger partial charge in [0.2, 0.25) is 0 Å². The van der Waals surface area contributed by atoms with E-state index in [-0.39, 0.29) is 0 Å². The highest BCUT2D eigenvalue weighted by Gasteiger charge is 2.16. The minimum atomic E-state index is 1.23. The van der Waals surface area contributed by atoms with Crippen LogP contribution in [0.25, 0.3) is 0 Å². The summed E-state index contributed by atoms with van der Waals surface area (Å²) in [6.45, 7) is 9.41. The molecule has 0 fully saturated rings. The molecule has 0 radical (unpaired) electrons. The zero-order valence-corrected chi connectivity index (χ0v) is 33.8. The minimum Gasteiger partial charge on any atom is -0.234 e. The summed E-state index contributed by atoms with van der Waals surface area (Å²) >= 11 is 0. The van der Waals surface area contributed by atoms with Gasteiger partial charge in [-0.3, -0.25) is 0 Å². The molecule has 0 atom stereocenters. The van der Waals surface area contributed by atoms with Gasteiger partial charge in [0.1, 0.15) is 12.4 Å². The monoisotopic (exact) mass is 672 g/mol. The number of rotatable bonds is 40. The van der Waals surface area contributed by atoms with Gasteiger partial charge in [-0.15, -0.1) is 0 Å². The first-order valence-electron chi connectivity index (χ1n) is 22.9. The Morgan fingerprint density at radius 1 is 0.354 bits per heavy atom. The van der Waals surface area contributed by atoms with Crippen LogP contribution in [0.15, 0.2) is 12.4 Å². The lowest BCUT2D eigenvalue weighted by molar-refractivity contribution is -0.704.